The molecule has 6 heteroatoms. The number of aromatic nitrogens is 3. The minimum Gasteiger partial charge on any atom is -0.307 e. The number of hydrogen-bond donors (Lipinski definition) is 1. The van der Waals surface area contributed by atoms with E-state index in [2.05, 4.69) is 15.4 Å². The van der Waals surface area contributed by atoms with Crippen molar-refractivity contribution in [3.63, 3.8) is 0 Å². The normalized spacial score (nSPS) is 16.5. The number of hydrogen-bond acceptors (Lipinski definition) is 3. The van der Waals surface area contributed by atoms with Crippen molar-refractivity contribution in [1.82, 2.24) is 20.1 Å². The van der Waals surface area contributed by atoms with Gasteiger partial charge in [0.1, 0.15) is 18.7 Å². The first kappa shape index (κ1) is 9.51. The maximum absolute atomic E-state index is 12.1. The standard InChI is InChI=1S/C8H12F2N4/c9-7(10)4-14-8(12-5-13-14)3-11-6-1-2-6/h5-7,11H,1-4H2. The molecule has 1 aliphatic rings. The number of alkyl halides is 2. The fourth-order valence-electron chi connectivity index (χ4n) is 1.23. The molecule has 1 heterocycles. The Hall–Kier alpha value is -1.04. The monoisotopic (exact) mass is 202 g/mol. The van der Waals surface area contributed by atoms with Gasteiger partial charge in [-0.3, -0.25) is 0 Å². The topological polar surface area (TPSA) is 42.7 Å². The van der Waals surface area contributed by atoms with Crippen LogP contribution in [-0.4, -0.2) is 27.2 Å². The summed E-state index contributed by atoms with van der Waals surface area (Å²) in [5.74, 6) is 0.581. The predicted octanol–water partition coefficient (Wildman–Crippen LogP) is 0.795. The van der Waals surface area contributed by atoms with Gasteiger partial charge in [-0.25, -0.2) is 18.4 Å². The molecule has 14 heavy (non-hydrogen) atoms. The third-order valence-corrected chi connectivity index (χ3v) is 2.13. The van der Waals surface area contributed by atoms with Gasteiger partial charge in [0.25, 0.3) is 6.43 Å². The van der Waals surface area contributed by atoms with Crippen molar-refractivity contribution in [2.75, 3.05) is 0 Å². The predicted molar refractivity (Wildman–Crippen MR) is 45.9 cm³/mol. The summed E-state index contributed by atoms with van der Waals surface area (Å²) in [6.07, 6.45) is 1.27. The summed E-state index contributed by atoms with van der Waals surface area (Å²) in [6.45, 7) is 0.152. The molecule has 1 N–H and O–H groups in total. The van der Waals surface area contributed by atoms with Crippen molar-refractivity contribution >= 4 is 0 Å². The van der Waals surface area contributed by atoms with Crippen LogP contribution < -0.4 is 5.32 Å². The Balaban J connectivity index is 1.90. The van der Waals surface area contributed by atoms with E-state index >= 15 is 0 Å². The molecule has 0 aromatic carbocycles. The van der Waals surface area contributed by atoms with Crippen LogP contribution in [0.4, 0.5) is 8.78 Å². The third-order valence-electron chi connectivity index (χ3n) is 2.13. The van der Waals surface area contributed by atoms with E-state index in [1.165, 1.54) is 23.9 Å². The van der Waals surface area contributed by atoms with Gasteiger partial charge >= 0.3 is 0 Å². The SMILES string of the molecule is FC(F)Cn1ncnc1CNC1CC1. The Morgan fingerprint density at radius 2 is 2.36 bits per heavy atom. The highest BCUT2D eigenvalue weighted by Crippen LogP contribution is 2.18. The van der Waals surface area contributed by atoms with Crippen molar-refractivity contribution in [2.45, 2.75) is 38.4 Å². The van der Waals surface area contributed by atoms with Crippen LogP contribution in [0.3, 0.4) is 0 Å². The molecule has 1 aromatic rings. The molecule has 2 rings (SSSR count). The Kier molecular flexibility index (Phi) is 2.72. The molecule has 1 aliphatic carbocycles. The lowest BCUT2D eigenvalue weighted by atomic mass is 10.5. The Labute approximate surface area is 80.3 Å². The molecule has 0 radical (unpaired) electrons. The lowest BCUT2D eigenvalue weighted by Gasteiger charge is -2.05. The van der Waals surface area contributed by atoms with Crippen molar-refractivity contribution in [3.05, 3.63) is 12.2 Å². The molecule has 78 valence electrons. The van der Waals surface area contributed by atoms with Crippen LogP contribution >= 0.6 is 0 Å². The number of nitrogens with one attached hydrogen (secondary N) is 1. The van der Waals surface area contributed by atoms with Crippen LogP contribution in [0, 0.1) is 0 Å². The largest absolute Gasteiger partial charge is 0.307 e. The lowest BCUT2D eigenvalue weighted by molar-refractivity contribution is 0.120. The molecule has 1 fully saturated rings. The van der Waals surface area contributed by atoms with Crippen LogP contribution in [0.2, 0.25) is 0 Å². The molecule has 0 aliphatic heterocycles. The second-order valence-corrected chi connectivity index (χ2v) is 3.40. The Bertz CT molecular complexity index is 295. The number of rotatable bonds is 5. The summed E-state index contributed by atoms with van der Waals surface area (Å²) < 4.78 is 25.4. The zero-order valence-electron chi connectivity index (χ0n) is 7.66. The van der Waals surface area contributed by atoms with E-state index in [1.54, 1.807) is 0 Å². The Morgan fingerprint density at radius 3 is 3.00 bits per heavy atom. The van der Waals surface area contributed by atoms with Gasteiger partial charge in [0.05, 0.1) is 6.54 Å². The van der Waals surface area contributed by atoms with E-state index in [1.807, 2.05) is 0 Å². The minimum atomic E-state index is -2.38. The highest BCUT2D eigenvalue weighted by atomic mass is 19.3. The van der Waals surface area contributed by atoms with Gasteiger partial charge in [-0.2, -0.15) is 5.10 Å². The molecular weight excluding hydrogens is 190 g/mol. The van der Waals surface area contributed by atoms with Gasteiger partial charge in [0.15, 0.2) is 0 Å². The van der Waals surface area contributed by atoms with Crippen LogP contribution in [0.15, 0.2) is 6.33 Å². The van der Waals surface area contributed by atoms with E-state index in [4.69, 9.17) is 0 Å². The molecule has 0 bridgehead atoms. The minimum absolute atomic E-state index is 0.373. The van der Waals surface area contributed by atoms with E-state index in [9.17, 15) is 8.78 Å². The first-order chi connectivity index (χ1) is 6.75. The summed E-state index contributed by atoms with van der Waals surface area (Å²) >= 11 is 0. The van der Waals surface area contributed by atoms with Crippen molar-refractivity contribution in [3.8, 4) is 0 Å². The molecule has 4 nitrogen and oxygen atoms in total. The first-order valence-corrected chi connectivity index (χ1v) is 4.64. The van der Waals surface area contributed by atoms with Crippen LogP contribution in [0.25, 0.3) is 0 Å². The number of halogens is 2. The highest BCUT2D eigenvalue weighted by molar-refractivity contribution is 4.88. The molecule has 0 saturated heterocycles. The van der Waals surface area contributed by atoms with E-state index in [-0.39, 0.29) is 6.54 Å². The lowest BCUT2D eigenvalue weighted by Crippen LogP contribution is -2.20. The average molecular weight is 202 g/mol. The van der Waals surface area contributed by atoms with Gasteiger partial charge < -0.3 is 5.32 Å². The van der Waals surface area contributed by atoms with Crippen molar-refractivity contribution in [2.24, 2.45) is 0 Å². The van der Waals surface area contributed by atoms with Crippen molar-refractivity contribution in [1.29, 1.82) is 0 Å². The average Bonchev–Trinajstić information content (AvgIpc) is 2.85. The van der Waals surface area contributed by atoms with Gasteiger partial charge in [-0.1, -0.05) is 0 Å². The summed E-state index contributed by atoms with van der Waals surface area (Å²) in [5.41, 5.74) is 0. The fraction of sp³-hybridized carbons (Fsp3) is 0.750. The van der Waals surface area contributed by atoms with E-state index in [0.29, 0.717) is 18.4 Å². The molecular formula is C8H12F2N4. The highest BCUT2D eigenvalue weighted by Gasteiger charge is 2.21. The molecule has 1 saturated carbocycles. The number of nitrogens with zero attached hydrogens (tertiary/aromatic N) is 3. The molecule has 0 atom stereocenters. The van der Waals surface area contributed by atoms with Gasteiger partial charge in [0, 0.05) is 6.04 Å². The quantitative estimate of drug-likeness (QED) is 0.767. The summed E-state index contributed by atoms with van der Waals surface area (Å²) in [7, 11) is 0. The fourth-order valence-corrected chi connectivity index (χ4v) is 1.23. The zero-order valence-corrected chi connectivity index (χ0v) is 7.66. The van der Waals surface area contributed by atoms with Crippen LogP contribution in [0.5, 0.6) is 0 Å². The molecule has 0 spiro atoms. The maximum Gasteiger partial charge on any atom is 0.257 e. The van der Waals surface area contributed by atoms with Crippen LogP contribution in [0.1, 0.15) is 18.7 Å². The third kappa shape index (κ3) is 2.47. The van der Waals surface area contributed by atoms with Crippen LogP contribution in [-0.2, 0) is 13.1 Å². The zero-order chi connectivity index (χ0) is 9.97. The van der Waals surface area contributed by atoms with E-state index in [0.717, 1.165) is 0 Å². The van der Waals surface area contributed by atoms with Gasteiger partial charge in [-0.15, -0.1) is 0 Å². The summed E-state index contributed by atoms with van der Waals surface area (Å²) in [6, 6.07) is 0.548. The molecule has 0 unspecified atom stereocenters. The Morgan fingerprint density at radius 1 is 1.57 bits per heavy atom. The maximum atomic E-state index is 12.1. The molecule has 0 amide bonds. The molecule has 1 aromatic heterocycles. The van der Waals surface area contributed by atoms with Gasteiger partial charge in [-0.05, 0) is 12.8 Å². The second-order valence-electron chi connectivity index (χ2n) is 3.40. The van der Waals surface area contributed by atoms with E-state index < -0.39 is 6.43 Å². The first-order valence-electron chi connectivity index (χ1n) is 4.64. The summed E-state index contributed by atoms with van der Waals surface area (Å²) in [5, 5.41) is 6.94. The van der Waals surface area contributed by atoms with Crippen molar-refractivity contribution < 1.29 is 8.78 Å². The smallest absolute Gasteiger partial charge is 0.257 e. The van der Waals surface area contributed by atoms with Gasteiger partial charge in [0.2, 0.25) is 0 Å². The summed E-state index contributed by atoms with van der Waals surface area (Å²) in [4.78, 5) is 3.92. The second kappa shape index (κ2) is 4.00.